The molecule has 1 unspecified atom stereocenters. The normalized spacial score (nSPS) is 23.4. The third-order valence-corrected chi connectivity index (χ3v) is 3.71. The van der Waals surface area contributed by atoms with Gasteiger partial charge in [0.1, 0.15) is 5.82 Å². The van der Waals surface area contributed by atoms with Gasteiger partial charge in [-0.05, 0) is 31.2 Å². The van der Waals surface area contributed by atoms with Gasteiger partial charge >= 0.3 is 0 Å². The van der Waals surface area contributed by atoms with Gasteiger partial charge in [0.2, 0.25) is 0 Å². The first kappa shape index (κ1) is 11.4. The molecule has 0 spiro atoms. The summed E-state index contributed by atoms with van der Waals surface area (Å²) in [4.78, 5) is 4.23. The highest BCUT2D eigenvalue weighted by atomic mass is 19.1. The molecule has 0 bridgehead atoms. The van der Waals surface area contributed by atoms with E-state index in [2.05, 4.69) is 17.2 Å². The van der Waals surface area contributed by atoms with Gasteiger partial charge in [0.25, 0.3) is 0 Å². The van der Waals surface area contributed by atoms with Gasteiger partial charge < -0.3 is 9.88 Å². The van der Waals surface area contributed by atoms with Crippen LogP contribution in [0, 0.1) is 5.82 Å². The Bertz CT molecular complexity index is 556. The first-order chi connectivity index (χ1) is 8.69. The smallest absolute Gasteiger partial charge is 0.125 e. The second-order valence-electron chi connectivity index (χ2n) is 5.12. The Kier molecular flexibility index (Phi) is 2.67. The van der Waals surface area contributed by atoms with Gasteiger partial charge in [-0.25, -0.2) is 9.37 Å². The molecular weight excluding hydrogens is 229 g/mol. The van der Waals surface area contributed by atoms with Gasteiger partial charge in [0.05, 0.1) is 6.33 Å². The van der Waals surface area contributed by atoms with E-state index in [1.807, 2.05) is 16.8 Å². The predicted octanol–water partition coefficient (Wildman–Crippen LogP) is 2.26. The van der Waals surface area contributed by atoms with E-state index < -0.39 is 0 Å². The van der Waals surface area contributed by atoms with Gasteiger partial charge in [-0.2, -0.15) is 0 Å². The maximum absolute atomic E-state index is 13.3. The standard InChI is InChI=1S/C14H16FN3/c1-14(5-6-16-9-14)13-8-17-10-18(13)12-4-2-3-11(15)7-12/h2-4,7-8,10,16H,5-6,9H2,1H3. The van der Waals surface area contributed by atoms with Crippen LogP contribution in [0.25, 0.3) is 5.69 Å². The molecule has 94 valence electrons. The van der Waals surface area contributed by atoms with Crippen LogP contribution in [0.15, 0.2) is 36.8 Å². The van der Waals surface area contributed by atoms with Crippen LogP contribution in [0.1, 0.15) is 19.0 Å². The van der Waals surface area contributed by atoms with Crippen molar-refractivity contribution in [1.82, 2.24) is 14.9 Å². The molecule has 2 heterocycles. The molecule has 1 aromatic heterocycles. The van der Waals surface area contributed by atoms with Crippen molar-refractivity contribution in [3.05, 3.63) is 48.3 Å². The zero-order chi connectivity index (χ0) is 12.6. The summed E-state index contributed by atoms with van der Waals surface area (Å²) in [5, 5.41) is 3.38. The molecule has 3 nitrogen and oxygen atoms in total. The fraction of sp³-hybridized carbons (Fsp3) is 0.357. The molecule has 1 atom stereocenters. The van der Waals surface area contributed by atoms with Crippen molar-refractivity contribution in [3.63, 3.8) is 0 Å². The first-order valence-electron chi connectivity index (χ1n) is 6.19. The molecule has 1 aliphatic heterocycles. The SMILES string of the molecule is CC1(c2cncn2-c2cccc(F)c2)CCNC1. The molecular formula is C14H16FN3. The third-order valence-electron chi connectivity index (χ3n) is 3.71. The van der Waals surface area contributed by atoms with E-state index in [1.54, 1.807) is 12.4 Å². The van der Waals surface area contributed by atoms with Gasteiger partial charge in [0, 0.05) is 29.5 Å². The number of imidazole rings is 1. The Morgan fingerprint density at radius 3 is 3.06 bits per heavy atom. The fourth-order valence-corrected chi connectivity index (χ4v) is 2.61. The Morgan fingerprint density at radius 2 is 2.33 bits per heavy atom. The highest BCUT2D eigenvalue weighted by Gasteiger charge is 2.33. The van der Waals surface area contributed by atoms with Crippen molar-refractivity contribution in [3.8, 4) is 5.69 Å². The summed E-state index contributed by atoms with van der Waals surface area (Å²) in [6, 6.07) is 6.62. The Labute approximate surface area is 106 Å². The van der Waals surface area contributed by atoms with Crippen LogP contribution in [0.3, 0.4) is 0 Å². The zero-order valence-corrected chi connectivity index (χ0v) is 10.4. The van der Waals surface area contributed by atoms with Crippen LogP contribution >= 0.6 is 0 Å². The first-order valence-corrected chi connectivity index (χ1v) is 6.19. The molecule has 0 aliphatic carbocycles. The second-order valence-corrected chi connectivity index (χ2v) is 5.12. The van der Waals surface area contributed by atoms with E-state index in [-0.39, 0.29) is 11.2 Å². The molecule has 0 radical (unpaired) electrons. The Balaban J connectivity index is 2.06. The summed E-state index contributed by atoms with van der Waals surface area (Å²) in [7, 11) is 0. The van der Waals surface area contributed by atoms with Crippen LogP contribution in [0.5, 0.6) is 0 Å². The van der Waals surface area contributed by atoms with Crippen molar-refractivity contribution in [2.45, 2.75) is 18.8 Å². The van der Waals surface area contributed by atoms with Crippen LogP contribution < -0.4 is 5.32 Å². The number of rotatable bonds is 2. The van der Waals surface area contributed by atoms with E-state index in [1.165, 1.54) is 12.1 Å². The van der Waals surface area contributed by atoms with Crippen LogP contribution in [0.2, 0.25) is 0 Å². The van der Waals surface area contributed by atoms with E-state index in [4.69, 9.17) is 0 Å². The quantitative estimate of drug-likeness (QED) is 0.879. The molecule has 4 heteroatoms. The predicted molar refractivity (Wildman–Crippen MR) is 68.4 cm³/mol. The summed E-state index contributed by atoms with van der Waals surface area (Å²) in [5.41, 5.74) is 2.04. The highest BCUT2D eigenvalue weighted by Crippen LogP contribution is 2.31. The molecule has 2 aromatic rings. The minimum atomic E-state index is -0.221. The number of nitrogens with one attached hydrogen (secondary N) is 1. The Morgan fingerprint density at radius 1 is 1.44 bits per heavy atom. The van der Waals surface area contributed by atoms with Gasteiger partial charge in [-0.3, -0.25) is 0 Å². The van der Waals surface area contributed by atoms with Crippen LogP contribution in [0.4, 0.5) is 4.39 Å². The third kappa shape index (κ3) is 1.82. The Hall–Kier alpha value is -1.68. The molecule has 1 N–H and O–H groups in total. The lowest BCUT2D eigenvalue weighted by Crippen LogP contribution is -2.27. The maximum Gasteiger partial charge on any atom is 0.125 e. The number of halogens is 1. The monoisotopic (exact) mass is 245 g/mol. The molecule has 3 rings (SSSR count). The summed E-state index contributed by atoms with van der Waals surface area (Å²) < 4.78 is 15.3. The van der Waals surface area contributed by atoms with Crippen molar-refractivity contribution in [1.29, 1.82) is 0 Å². The van der Waals surface area contributed by atoms with Crippen LogP contribution in [-0.2, 0) is 5.41 Å². The topological polar surface area (TPSA) is 29.9 Å². The lowest BCUT2D eigenvalue weighted by Gasteiger charge is -2.24. The molecule has 1 fully saturated rings. The number of hydrogen-bond donors (Lipinski definition) is 1. The average molecular weight is 245 g/mol. The minimum absolute atomic E-state index is 0.0722. The highest BCUT2D eigenvalue weighted by molar-refractivity contribution is 5.36. The summed E-state index contributed by atoms with van der Waals surface area (Å²) in [6.07, 6.45) is 4.72. The number of benzene rings is 1. The molecule has 0 saturated carbocycles. The van der Waals surface area contributed by atoms with Crippen LogP contribution in [-0.4, -0.2) is 22.6 Å². The summed E-state index contributed by atoms with van der Waals surface area (Å²) in [6.45, 7) is 4.18. The van der Waals surface area contributed by atoms with Crippen molar-refractivity contribution in [2.24, 2.45) is 0 Å². The van der Waals surface area contributed by atoms with Gasteiger partial charge in [-0.15, -0.1) is 0 Å². The minimum Gasteiger partial charge on any atom is -0.316 e. The number of aromatic nitrogens is 2. The van der Waals surface area contributed by atoms with Gasteiger partial charge in [0.15, 0.2) is 0 Å². The van der Waals surface area contributed by atoms with Crippen molar-refractivity contribution < 1.29 is 4.39 Å². The van der Waals surface area contributed by atoms with Crippen molar-refractivity contribution in [2.75, 3.05) is 13.1 Å². The molecule has 1 aromatic carbocycles. The van der Waals surface area contributed by atoms with Gasteiger partial charge in [-0.1, -0.05) is 13.0 Å². The number of hydrogen-bond acceptors (Lipinski definition) is 2. The summed E-state index contributed by atoms with van der Waals surface area (Å²) in [5.74, 6) is -0.221. The zero-order valence-electron chi connectivity index (χ0n) is 10.4. The maximum atomic E-state index is 13.3. The van der Waals surface area contributed by atoms with E-state index >= 15 is 0 Å². The molecule has 18 heavy (non-hydrogen) atoms. The molecule has 0 amide bonds. The lowest BCUT2D eigenvalue weighted by atomic mass is 9.86. The molecule has 1 saturated heterocycles. The second kappa shape index (κ2) is 4.21. The largest absolute Gasteiger partial charge is 0.316 e. The average Bonchev–Trinajstić information content (AvgIpc) is 2.98. The van der Waals surface area contributed by atoms with E-state index in [9.17, 15) is 4.39 Å². The molecule has 1 aliphatic rings. The number of nitrogens with zero attached hydrogens (tertiary/aromatic N) is 2. The lowest BCUT2D eigenvalue weighted by molar-refractivity contribution is 0.498. The van der Waals surface area contributed by atoms with E-state index in [0.29, 0.717) is 0 Å². The van der Waals surface area contributed by atoms with E-state index in [0.717, 1.165) is 30.9 Å². The van der Waals surface area contributed by atoms with Crippen molar-refractivity contribution >= 4 is 0 Å². The summed E-state index contributed by atoms with van der Waals surface area (Å²) >= 11 is 0. The fourth-order valence-electron chi connectivity index (χ4n) is 2.61.